The van der Waals surface area contributed by atoms with Gasteiger partial charge in [-0.25, -0.2) is 0 Å². The van der Waals surface area contributed by atoms with Crippen molar-refractivity contribution in [2.45, 2.75) is 98.6 Å². The van der Waals surface area contributed by atoms with Crippen molar-refractivity contribution in [2.75, 3.05) is 0 Å². The highest BCUT2D eigenvalue weighted by Gasteiger charge is 2.38. The molecule has 262 valence electrons. The van der Waals surface area contributed by atoms with Gasteiger partial charge in [-0.1, -0.05) is 16.4 Å². The van der Waals surface area contributed by atoms with Gasteiger partial charge in [0.2, 0.25) is 5.91 Å². The summed E-state index contributed by atoms with van der Waals surface area (Å²) in [7, 11) is 0. The molecule has 1 amide bonds. The monoisotopic (exact) mass is 688 g/mol. The zero-order chi connectivity index (χ0) is 36.4. The summed E-state index contributed by atoms with van der Waals surface area (Å²) in [6, 6.07) is 6.89. The lowest BCUT2D eigenvalue weighted by molar-refractivity contribution is -0.143. The highest BCUT2D eigenvalue weighted by molar-refractivity contribution is 5.95. The minimum absolute atomic E-state index is 0.0272. The van der Waals surface area contributed by atoms with Crippen LogP contribution < -0.4 is 5.32 Å². The van der Waals surface area contributed by atoms with Crippen molar-refractivity contribution in [1.82, 2.24) is 20.2 Å². The maximum atomic E-state index is 14.2. The van der Waals surface area contributed by atoms with Gasteiger partial charge < -0.3 is 18.9 Å². The Labute approximate surface area is 279 Å². The van der Waals surface area contributed by atoms with E-state index in [9.17, 15) is 31.1 Å². The Hall–Kier alpha value is -4.55. The maximum absolute atomic E-state index is 14.2. The second kappa shape index (κ2) is 12.1. The fraction of sp³-hybridized carbons (Fsp3) is 0.417. The molecule has 0 aliphatic heterocycles. The molecule has 0 fully saturated rings. The lowest BCUT2D eigenvalue weighted by atomic mass is 9.82. The van der Waals surface area contributed by atoms with Crippen molar-refractivity contribution >= 4 is 16.8 Å². The van der Waals surface area contributed by atoms with Gasteiger partial charge in [0.25, 0.3) is 0 Å². The summed E-state index contributed by atoms with van der Waals surface area (Å²) in [6.45, 7) is 15.9. The third-order valence-corrected chi connectivity index (χ3v) is 8.84. The standard InChI is InChI=1S/C36H38F6N4O3/c1-18-26(20(3)48-44-18)16-28-27-15-23(34(8,9)32(47)43-33(5,6)7)10-11-30(27)46(17-29-19(2)45-49-21(29)4)31(28)22-12-24(35(37,38)39)14-25(13-22)36(40,41)42/h10-15H,16-17H2,1-9H3,(H,43,47). The first-order chi connectivity index (χ1) is 22.5. The van der Waals surface area contributed by atoms with Crippen molar-refractivity contribution in [3.8, 4) is 11.3 Å². The van der Waals surface area contributed by atoms with Crippen LogP contribution in [0.25, 0.3) is 22.2 Å². The minimum atomic E-state index is -5.06. The summed E-state index contributed by atoms with van der Waals surface area (Å²) < 4.78 is 97.7. The summed E-state index contributed by atoms with van der Waals surface area (Å²) in [6.07, 6.45) is -10.1. The van der Waals surface area contributed by atoms with Gasteiger partial charge >= 0.3 is 12.4 Å². The molecule has 7 nitrogen and oxygen atoms in total. The van der Waals surface area contributed by atoms with Gasteiger partial charge in [0.05, 0.1) is 40.2 Å². The van der Waals surface area contributed by atoms with Crippen molar-refractivity contribution < 1.29 is 40.2 Å². The molecule has 0 aliphatic carbocycles. The van der Waals surface area contributed by atoms with Crippen LogP contribution in [0.4, 0.5) is 26.3 Å². The molecule has 13 heteroatoms. The molecular weight excluding hydrogens is 650 g/mol. The Bertz CT molecular complexity index is 1980. The van der Waals surface area contributed by atoms with E-state index in [0.29, 0.717) is 56.1 Å². The summed E-state index contributed by atoms with van der Waals surface area (Å²) in [5.74, 6) is 0.653. The molecule has 0 saturated carbocycles. The molecule has 5 aromatic rings. The molecule has 1 N–H and O–H groups in total. The lowest BCUT2D eigenvalue weighted by Gasteiger charge is -2.30. The second-order valence-electron chi connectivity index (χ2n) is 14.1. The predicted octanol–water partition coefficient (Wildman–Crippen LogP) is 9.39. The molecule has 2 aromatic carbocycles. The van der Waals surface area contributed by atoms with E-state index in [2.05, 4.69) is 15.6 Å². The molecule has 0 radical (unpaired) electrons. The van der Waals surface area contributed by atoms with E-state index in [-0.39, 0.29) is 36.2 Å². The van der Waals surface area contributed by atoms with Gasteiger partial charge in [-0.15, -0.1) is 0 Å². The van der Waals surface area contributed by atoms with Crippen LogP contribution in [0.3, 0.4) is 0 Å². The van der Waals surface area contributed by atoms with Crippen molar-refractivity contribution in [3.63, 3.8) is 0 Å². The second-order valence-corrected chi connectivity index (χ2v) is 14.1. The van der Waals surface area contributed by atoms with Crippen molar-refractivity contribution in [1.29, 1.82) is 0 Å². The largest absolute Gasteiger partial charge is 0.416 e. The highest BCUT2D eigenvalue weighted by atomic mass is 19.4. The number of carbonyl (C=O) groups is 1. The van der Waals surface area contributed by atoms with E-state index >= 15 is 0 Å². The topological polar surface area (TPSA) is 86.1 Å². The average molecular weight is 689 g/mol. The zero-order valence-electron chi connectivity index (χ0n) is 28.7. The Balaban J connectivity index is 1.91. The first-order valence-corrected chi connectivity index (χ1v) is 15.6. The number of fused-ring (bicyclic) bond motifs is 1. The average Bonchev–Trinajstić information content (AvgIpc) is 3.59. The fourth-order valence-corrected chi connectivity index (χ4v) is 6.02. The van der Waals surface area contributed by atoms with Crippen molar-refractivity contribution in [3.05, 3.63) is 92.7 Å². The van der Waals surface area contributed by atoms with E-state index in [4.69, 9.17) is 9.05 Å². The van der Waals surface area contributed by atoms with Crippen LogP contribution in [0.15, 0.2) is 45.4 Å². The van der Waals surface area contributed by atoms with E-state index in [0.717, 1.165) is 12.1 Å². The zero-order valence-corrected chi connectivity index (χ0v) is 28.7. The minimum Gasteiger partial charge on any atom is -0.361 e. The summed E-state index contributed by atoms with van der Waals surface area (Å²) >= 11 is 0. The number of carbonyl (C=O) groups excluding carboxylic acids is 1. The first kappa shape index (κ1) is 35.7. The number of nitrogens with zero attached hydrogens (tertiary/aromatic N) is 3. The number of rotatable bonds is 7. The number of hydrogen-bond acceptors (Lipinski definition) is 5. The van der Waals surface area contributed by atoms with Crippen LogP contribution >= 0.6 is 0 Å². The van der Waals surface area contributed by atoms with Gasteiger partial charge in [-0.3, -0.25) is 4.79 Å². The van der Waals surface area contributed by atoms with E-state index in [1.54, 1.807) is 64.3 Å². The summed E-state index contributed by atoms with van der Waals surface area (Å²) in [4.78, 5) is 13.5. The number of nitrogens with one attached hydrogen (secondary N) is 1. The first-order valence-electron chi connectivity index (χ1n) is 15.6. The van der Waals surface area contributed by atoms with Crippen LogP contribution in [-0.2, 0) is 35.5 Å². The molecule has 5 rings (SSSR count). The van der Waals surface area contributed by atoms with Crippen LogP contribution in [-0.4, -0.2) is 26.3 Å². The molecular formula is C36H38F6N4O3. The quantitative estimate of drug-likeness (QED) is 0.172. The Morgan fingerprint density at radius 3 is 1.73 bits per heavy atom. The van der Waals surface area contributed by atoms with E-state index < -0.39 is 34.4 Å². The molecule has 0 spiro atoms. The number of amides is 1. The number of benzene rings is 2. The molecule has 0 unspecified atom stereocenters. The third kappa shape index (κ3) is 6.98. The van der Waals surface area contributed by atoms with Crippen LogP contribution in [0, 0.1) is 27.7 Å². The number of halogens is 6. The van der Waals surface area contributed by atoms with Crippen LogP contribution in [0.2, 0.25) is 0 Å². The molecule has 49 heavy (non-hydrogen) atoms. The Morgan fingerprint density at radius 2 is 1.27 bits per heavy atom. The fourth-order valence-electron chi connectivity index (χ4n) is 6.02. The highest BCUT2D eigenvalue weighted by Crippen LogP contribution is 2.44. The van der Waals surface area contributed by atoms with Gasteiger partial charge in [0.15, 0.2) is 0 Å². The maximum Gasteiger partial charge on any atom is 0.416 e. The number of aryl methyl sites for hydroxylation is 4. The number of aromatic nitrogens is 3. The molecule has 0 bridgehead atoms. The normalized spacial score (nSPS) is 13.0. The SMILES string of the molecule is Cc1noc(C)c1Cc1c(-c2cc(C(F)(F)F)cc(C(F)(F)F)c2)n(Cc2c(C)noc2C)c2ccc(C(C)(C)C(=O)NC(C)(C)C)cc12. The predicted molar refractivity (Wildman–Crippen MR) is 172 cm³/mol. The van der Waals surface area contributed by atoms with Gasteiger partial charge in [-0.2, -0.15) is 26.3 Å². The van der Waals surface area contributed by atoms with E-state index in [1.165, 1.54) is 0 Å². The van der Waals surface area contributed by atoms with Crippen molar-refractivity contribution in [2.24, 2.45) is 0 Å². The van der Waals surface area contributed by atoms with E-state index in [1.807, 2.05) is 20.8 Å². The molecule has 0 atom stereocenters. The third-order valence-electron chi connectivity index (χ3n) is 8.84. The van der Waals surface area contributed by atoms with Gasteiger partial charge in [0, 0.05) is 34.0 Å². The number of alkyl halides is 6. The van der Waals surface area contributed by atoms with Gasteiger partial charge in [-0.05, 0) is 109 Å². The van der Waals surface area contributed by atoms with Crippen LogP contribution in [0.1, 0.15) is 90.9 Å². The molecule has 0 saturated heterocycles. The Morgan fingerprint density at radius 1 is 0.735 bits per heavy atom. The lowest BCUT2D eigenvalue weighted by Crippen LogP contribution is -2.48. The van der Waals surface area contributed by atoms with Gasteiger partial charge in [0.1, 0.15) is 11.5 Å². The summed E-state index contributed by atoms with van der Waals surface area (Å²) in [5.41, 5.74) is -0.730. The Kier molecular flexibility index (Phi) is 8.83. The molecule has 3 aromatic heterocycles. The molecule has 3 heterocycles. The summed E-state index contributed by atoms with van der Waals surface area (Å²) in [5, 5.41) is 11.6. The smallest absolute Gasteiger partial charge is 0.361 e. The number of hydrogen-bond donors (Lipinski definition) is 1. The van der Waals surface area contributed by atoms with Crippen LogP contribution in [0.5, 0.6) is 0 Å². The molecule has 0 aliphatic rings.